The highest BCUT2D eigenvalue weighted by atomic mass is 32.1. The second kappa shape index (κ2) is 5.10. The van der Waals surface area contributed by atoms with E-state index in [1.807, 2.05) is 11.3 Å². The maximum Gasteiger partial charge on any atom is 0.228 e. The molecule has 0 spiro atoms. The summed E-state index contributed by atoms with van der Waals surface area (Å²) in [6, 6.07) is 2.60. The Morgan fingerprint density at radius 3 is 2.95 bits per heavy atom. The third kappa shape index (κ3) is 1.99. The Morgan fingerprint density at radius 1 is 1.43 bits per heavy atom. The normalized spacial score (nSPS) is 37.8. The molecule has 0 aromatic carbocycles. The number of nitrogens with zero attached hydrogens (tertiary/aromatic N) is 1. The zero-order valence-electron chi connectivity index (χ0n) is 12.6. The fourth-order valence-corrected chi connectivity index (χ4v) is 5.92. The van der Waals surface area contributed by atoms with Crippen molar-refractivity contribution >= 4 is 17.2 Å². The third-order valence-electron chi connectivity index (χ3n) is 6.03. The molecule has 2 aliphatic carbocycles. The van der Waals surface area contributed by atoms with Gasteiger partial charge in [0.1, 0.15) is 0 Å². The fraction of sp³-hybridized carbons (Fsp3) is 0.706. The Labute approximate surface area is 130 Å². The highest BCUT2D eigenvalue weighted by Gasteiger charge is 2.51. The van der Waals surface area contributed by atoms with Crippen LogP contribution in [0.5, 0.6) is 0 Å². The summed E-state index contributed by atoms with van der Waals surface area (Å²) in [7, 11) is 0. The van der Waals surface area contributed by atoms with Gasteiger partial charge in [-0.3, -0.25) is 4.79 Å². The molecule has 3 nitrogen and oxygen atoms in total. The summed E-state index contributed by atoms with van der Waals surface area (Å²) in [6.45, 7) is 3.07. The Bertz CT molecular complexity index is 553. The van der Waals surface area contributed by atoms with Gasteiger partial charge in [0, 0.05) is 17.5 Å². The van der Waals surface area contributed by atoms with Crippen molar-refractivity contribution in [2.24, 2.45) is 23.5 Å². The van der Waals surface area contributed by atoms with Gasteiger partial charge in [-0.05, 0) is 60.9 Å². The lowest BCUT2D eigenvalue weighted by molar-refractivity contribution is -0.140. The summed E-state index contributed by atoms with van der Waals surface area (Å²) in [5.74, 6) is 1.60. The largest absolute Gasteiger partial charge is 0.335 e. The molecule has 3 aliphatic rings. The number of thiophene rings is 1. The third-order valence-corrected chi connectivity index (χ3v) is 7.03. The fourth-order valence-electron chi connectivity index (χ4n) is 4.99. The molecule has 2 fully saturated rings. The lowest BCUT2D eigenvalue weighted by Gasteiger charge is -2.39. The number of hydrogen-bond acceptors (Lipinski definition) is 3. The molecule has 2 N–H and O–H groups in total. The smallest absolute Gasteiger partial charge is 0.228 e. The van der Waals surface area contributed by atoms with Gasteiger partial charge < -0.3 is 10.6 Å². The van der Waals surface area contributed by atoms with E-state index < -0.39 is 0 Å². The van der Waals surface area contributed by atoms with Crippen LogP contribution in [0.2, 0.25) is 0 Å². The van der Waals surface area contributed by atoms with Crippen molar-refractivity contribution in [3.05, 3.63) is 21.9 Å². The van der Waals surface area contributed by atoms with E-state index in [4.69, 9.17) is 5.73 Å². The molecule has 1 amide bonds. The molecule has 4 heteroatoms. The SMILES string of the molecule is CCC1c2ccsc2CCN1C(=O)C1C2CCC(C2)C1N. The summed E-state index contributed by atoms with van der Waals surface area (Å²) in [5.41, 5.74) is 7.78. The van der Waals surface area contributed by atoms with Crippen LogP contribution in [0.4, 0.5) is 0 Å². The summed E-state index contributed by atoms with van der Waals surface area (Å²) in [4.78, 5) is 16.8. The van der Waals surface area contributed by atoms with Crippen LogP contribution >= 0.6 is 11.3 Å². The van der Waals surface area contributed by atoms with Gasteiger partial charge in [-0.15, -0.1) is 11.3 Å². The highest BCUT2D eigenvalue weighted by Crippen LogP contribution is 2.49. The van der Waals surface area contributed by atoms with Gasteiger partial charge in [0.05, 0.1) is 12.0 Å². The van der Waals surface area contributed by atoms with Crippen LogP contribution in [0.3, 0.4) is 0 Å². The maximum atomic E-state index is 13.2. The van der Waals surface area contributed by atoms with Crippen LogP contribution in [-0.4, -0.2) is 23.4 Å². The Balaban J connectivity index is 1.60. The van der Waals surface area contributed by atoms with E-state index in [1.54, 1.807) is 0 Å². The molecule has 114 valence electrons. The van der Waals surface area contributed by atoms with Gasteiger partial charge in [0.15, 0.2) is 0 Å². The van der Waals surface area contributed by atoms with Crippen molar-refractivity contribution in [2.45, 2.75) is 51.1 Å². The van der Waals surface area contributed by atoms with E-state index >= 15 is 0 Å². The first kappa shape index (κ1) is 13.8. The molecule has 5 atom stereocenters. The number of rotatable bonds is 2. The zero-order chi connectivity index (χ0) is 14.6. The average molecular weight is 304 g/mol. The second-order valence-electron chi connectivity index (χ2n) is 6.94. The monoisotopic (exact) mass is 304 g/mol. The van der Waals surface area contributed by atoms with Crippen LogP contribution in [0.25, 0.3) is 0 Å². The number of carbonyl (C=O) groups excluding carboxylic acids is 1. The second-order valence-corrected chi connectivity index (χ2v) is 7.94. The quantitative estimate of drug-likeness (QED) is 0.913. The lowest BCUT2D eigenvalue weighted by atomic mass is 9.83. The lowest BCUT2D eigenvalue weighted by Crippen LogP contribution is -2.49. The number of amides is 1. The zero-order valence-corrected chi connectivity index (χ0v) is 13.4. The molecule has 0 saturated heterocycles. The highest BCUT2D eigenvalue weighted by molar-refractivity contribution is 7.10. The summed E-state index contributed by atoms with van der Waals surface area (Å²) < 4.78 is 0. The first-order valence-electron chi connectivity index (χ1n) is 8.33. The van der Waals surface area contributed by atoms with Crippen LogP contribution in [-0.2, 0) is 11.2 Å². The maximum absolute atomic E-state index is 13.2. The molecule has 2 heterocycles. The van der Waals surface area contributed by atoms with Gasteiger partial charge in [-0.25, -0.2) is 0 Å². The molecule has 1 aliphatic heterocycles. The molecular formula is C17H24N2OS. The average Bonchev–Trinajstić information content (AvgIpc) is 3.20. The number of fused-ring (bicyclic) bond motifs is 3. The first-order valence-corrected chi connectivity index (χ1v) is 9.21. The minimum Gasteiger partial charge on any atom is -0.335 e. The first-order chi connectivity index (χ1) is 10.2. The Morgan fingerprint density at radius 2 is 2.24 bits per heavy atom. The van der Waals surface area contributed by atoms with Crippen molar-refractivity contribution in [2.75, 3.05) is 6.54 Å². The van der Waals surface area contributed by atoms with E-state index in [0.29, 0.717) is 17.7 Å². The van der Waals surface area contributed by atoms with Crippen molar-refractivity contribution in [3.8, 4) is 0 Å². The van der Waals surface area contributed by atoms with E-state index in [-0.39, 0.29) is 18.0 Å². The summed E-state index contributed by atoms with van der Waals surface area (Å²) in [5, 5.41) is 2.17. The van der Waals surface area contributed by atoms with Crippen molar-refractivity contribution in [3.63, 3.8) is 0 Å². The Kier molecular flexibility index (Phi) is 3.34. The number of carbonyl (C=O) groups is 1. The van der Waals surface area contributed by atoms with E-state index in [9.17, 15) is 4.79 Å². The minimum atomic E-state index is 0.0954. The molecular weight excluding hydrogens is 280 g/mol. The summed E-state index contributed by atoms with van der Waals surface area (Å²) in [6.07, 6.45) is 5.66. The molecule has 2 saturated carbocycles. The van der Waals surface area contributed by atoms with Gasteiger partial charge in [0.2, 0.25) is 5.91 Å². The summed E-state index contributed by atoms with van der Waals surface area (Å²) >= 11 is 1.84. The topological polar surface area (TPSA) is 46.3 Å². The van der Waals surface area contributed by atoms with Gasteiger partial charge in [-0.1, -0.05) is 6.92 Å². The predicted octanol–water partition coefficient (Wildman–Crippen LogP) is 2.96. The number of nitrogens with two attached hydrogens (primary N) is 1. The molecule has 5 unspecified atom stereocenters. The molecule has 1 aromatic heterocycles. The van der Waals surface area contributed by atoms with Gasteiger partial charge >= 0.3 is 0 Å². The van der Waals surface area contributed by atoms with E-state index in [1.165, 1.54) is 29.7 Å². The number of hydrogen-bond donors (Lipinski definition) is 1. The standard InChI is InChI=1S/C17H24N2OS/c1-2-13-12-6-8-21-14(12)5-7-19(13)17(20)15-10-3-4-11(9-10)16(15)18/h6,8,10-11,13,15-16H,2-5,7,9,18H2,1H3. The molecule has 0 radical (unpaired) electrons. The van der Waals surface area contributed by atoms with Crippen LogP contribution in [0, 0.1) is 17.8 Å². The van der Waals surface area contributed by atoms with Gasteiger partial charge in [-0.2, -0.15) is 0 Å². The Hall–Kier alpha value is -0.870. The van der Waals surface area contributed by atoms with Crippen molar-refractivity contribution in [1.29, 1.82) is 0 Å². The molecule has 21 heavy (non-hydrogen) atoms. The van der Waals surface area contributed by atoms with E-state index in [0.717, 1.165) is 19.4 Å². The van der Waals surface area contributed by atoms with Gasteiger partial charge in [0.25, 0.3) is 0 Å². The van der Waals surface area contributed by atoms with Crippen molar-refractivity contribution in [1.82, 2.24) is 4.90 Å². The minimum absolute atomic E-state index is 0.0954. The van der Waals surface area contributed by atoms with Crippen LogP contribution in [0.15, 0.2) is 11.4 Å². The van der Waals surface area contributed by atoms with Crippen LogP contribution in [0.1, 0.15) is 49.1 Å². The molecule has 4 rings (SSSR count). The molecule has 1 aromatic rings. The molecule has 2 bridgehead atoms. The predicted molar refractivity (Wildman–Crippen MR) is 85.1 cm³/mol. The van der Waals surface area contributed by atoms with Crippen LogP contribution < -0.4 is 5.73 Å². The van der Waals surface area contributed by atoms with E-state index in [2.05, 4.69) is 23.3 Å². The van der Waals surface area contributed by atoms with Crippen molar-refractivity contribution < 1.29 is 4.79 Å².